The molecule has 0 saturated carbocycles. The lowest BCUT2D eigenvalue weighted by atomic mass is 10.4. The van der Waals surface area contributed by atoms with Crippen LogP contribution in [0, 0.1) is 0 Å². The van der Waals surface area contributed by atoms with E-state index in [9.17, 15) is 0 Å². The molecule has 2 N–H and O–H groups in total. The van der Waals surface area contributed by atoms with Crippen LogP contribution in [0.3, 0.4) is 0 Å². The van der Waals surface area contributed by atoms with Crippen LogP contribution in [0.1, 0.15) is 17.5 Å². The number of hydrogen-bond acceptors (Lipinski definition) is 8. The van der Waals surface area contributed by atoms with Crippen molar-refractivity contribution >= 4 is 24.2 Å². The topological polar surface area (TPSA) is 105 Å². The highest BCUT2D eigenvalue weighted by Gasteiger charge is 2.11. The van der Waals surface area contributed by atoms with Crippen LogP contribution in [0.4, 0.5) is 0 Å². The Morgan fingerprint density at radius 2 is 2.20 bits per heavy atom. The van der Waals surface area contributed by atoms with Gasteiger partial charge in [-0.1, -0.05) is 16.9 Å². The van der Waals surface area contributed by atoms with Gasteiger partial charge in [-0.15, -0.1) is 22.6 Å². The van der Waals surface area contributed by atoms with Crippen molar-refractivity contribution in [1.29, 1.82) is 0 Å². The average Bonchev–Trinajstić information content (AvgIpc) is 2.97. The molecule has 0 aliphatic carbocycles. The van der Waals surface area contributed by atoms with Gasteiger partial charge in [-0.2, -0.15) is 4.98 Å². The van der Waals surface area contributed by atoms with Crippen LogP contribution in [0.15, 0.2) is 9.68 Å². The zero-order chi connectivity index (χ0) is 13.7. The van der Waals surface area contributed by atoms with Crippen molar-refractivity contribution in [3.63, 3.8) is 0 Å². The first-order chi connectivity index (χ1) is 9.24. The number of methoxy groups -OCH3 is 1. The van der Waals surface area contributed by atoms with Gasteiger partial charge in [-0.05, 0) is 6.54 Å². The van der Waals surface area contributed by atoms with E-state index in [0.717, 1.165) is 11.0 Å². The highest BCUT2D eigenvalue weighted by atomic mass is 35.5. The second-order valence-corrected chi connectivity index (χ2v) is 4.77. The summed E-state index contributed by atoms with van der Waals surface area (Å²) in [4.78, 5) is 4.19. The van der Waals surface area contributed by atoms with Crippen molar-refractivity contribution in [2.24, 2.45) is 12.8 Å². The third-order valence-corrected chi connectivity index (χ3v) is 3.41. The Labute approximate surface area is 126 Å². The van der Waals surface area contributed by atoms with Crippen LogP contribution in [-0.4, -0.2) is 38.6 Å². The minimum Gasteiger partial charge on any atom is -0.377 e. The first kappa shape index (κ1) is 16.9. The molecule has 20 heavy (non-hydrogen) atoms. The second kappa shape index (κ2) is 8.20. The molecule has 0 aliphatic rings. The summed E-state index contributed by atoms with van der Waals surface area (Å²) in [5.41, 5.74) is 5.50. The van der Waals surface area contributed by atoms with E-state index in [1.54, 1.807) is 7.11 Å². The average molecular weight is 321 g/mol. The maximum absolute atomic E-state index is 5.50. The number of hydrogen-bond donors (Lipinski definition) is 1. The Morgan fingerprint density at radius 3 is 2.90 bits per heavy atom. The quantitative estimate of drug-likeness (QED) is 0.738. The molecule has 0 fully saturated rings. The van der Waals surface area contributed by atoms with E-state index in [1.807, 2.05) is 11.6 Å². The third kappa shape index (κ3) is 4.17. The normalized spacial score (nSPS) is 10.6. The Balaban J connectivity index is 0.00000200. The van der Waals surface area contributed by atoms with Crippen LogP contribution in [0.5, 0.6) is 0 Å². The minimum atomic E-state index is 0. The highest BCUT2D eigenvalue weighted by Crippen LogP contribution is 2.20. The molecule has 10 heteroatoms. The zero-order valence-corrected chi connectivity index (χ0v) is 12.9. The SMILES string of the molecule is COCc1noc(CSc2nnc(CCN)n2C)n1.Cl. The molecule has 2 aromatic rings. The first-order valence-corrected chi connectivity index (χ1v) is 6.74. The summed E-state index contributed by atoms with van der Waals surface area (Å²) in [6.07, 6.45) is 0.711. The van der Waals surface area contributed by atoms with Gasteiger partial charge in [-0.3, -0.25) is 0 Å². The van der Waals surface area contributed by atoms with Crippen LogP contribution in [-0.2, 0) is 30.6 Å². The predicted octanol–water partition coefficient (Wildman–Crippen LogP) is 0.560. The van der Waals surface area contributed by atoms with E-state index >= 15 is 0 Å². The summed E-state index contributed by atoms with van der Waals surface area (Å²) < 4.78 is 11.9. The maximum Gasteiger partial charge on any atom is 0.237 e. The molecular formula is C10H17ClN6O2S. The number of halogens is 1. The minimum absolute atomic E-state index is 0. The van der Waals surface area contributed by atoms with E-state index in [0.29, 0.717) is 37.0 Å². The lowest BCUT2D eigenvalue weighted by molar-refractivity contribution is 0.174. The van der Waals surface area contributed by atoms with Crippen molar-refractivity contribution in [3.8, 4) is 0 Å². The molecular weight excluding hydrogens is 304 g/mol. The molecule has 2 rings (SSSR count). The third-order valence-electron chi connectivity index (χ3n) is 2.40. The summed E-state index contributed by atoms with van der Waals surface area (Å²) in [5.74, 6) is 2.50. The van der Waals surface area contributed by atoms with Crippen molar-refractivity contribution < 1.29 is 9.26 Å². The summed E-state index contributed by atoms with van der Waals surface area (Å²) >= 11 is 1.49. The van der Waals surface area contributed by atoms with Crippen LogP contribution < -0.4 is 5.73 Å². The number of thioether (sulfide) groups is 1. The molecule has 8 nitrogen and oxygen atoms in total. The molecule has 2 heterocycles. The van der Waals surface area contributed by atoms with Gasteiger partial charge >= 0.3 is 0 Å². The van der Waals surface area contributed by atoms with Crippen LogP contribution >= 0.6 is 24.2 Å². The molecule has 0 aliphatic heterocycles. The fraction of sp³-hybridized carbons (Fsp3) is 0.600. The van der Waals surface area contributed by atoms with E-state index in [2.05, 4.69) is 20.3 Å². The van der Waals surface area contributed by atoms with Gasteiger partial charge in [0, 0.05) is 20.6 Å². The number of aromatic nitrogens is 5. The molecule has 0 radical (unpaired) electrons. The molecule has 0 unspecified atom stereocenters. The first-order valence-electron chi connectivity index (χ1n) is 5.76. The summed E-state index contributed by atoms with van der Waals surface area (Å²) in [6, 6.07) is 0. The zero-order valence-electron chi connectivity index (χ0n) is 11.3. The van der Waals surface area contributed by atoms with E-state index in [4.69, 9.17) is 15.0 Å². The Morgan fingerprint density at radius 1 is 1.40 bits per heavy atom. The van der Waals surface area contributed by atoms with E-state index in [1.165, 1.54) is 11.8 Å². The van der Waals surface area contributed by atoms with Gasteiger partial charge in [0.15, 0.2) is 11.0 Å². The Kier molecular flexibility index (Phi) is 6.93. The second-order valence-electron chi connectivity index (χ2n) is 3.82. The molecule has 0 atom stereocenters. The van der Waals surface area contributed by atoms with Gasteiger partial charge in [0.1, 0.15) is 12.4 Å². The van der Waals surface area contributed by atoms with Crippen LogP contribution in [0.25, 0.3) is 0 Å². The summed E-state index contributed by atoms with van der Waals surface area (Å²) in [7, 11) is 3.50. The van der Waals surface area contributed by atoms with Gasteiger partial charge < -0.3 is 19.6 Å². The number of ether oxygens (including phenoxy) is 1. The van der Waals surface area contributed by atoms with Gasteiger partial charge in [0.05, 0.1) is 5.75 Å². The molecule has 0 spiro atoms. The fourth-order valence-electron chi connectivity index (χ4n) is 1.48. The molecule has 0 amide bonds. The van der Waals surface area contributed by atoms with Crippen molar-refractivity contribution in [2.75, 3.05) is 13.7 Å². The smallest absolute Gasteiger partial charge is 0.237 e. The molecule has 2 aromatic heterocycles. The monoisotopic (exact) mass is 320 g/mol. The molecule has 112 valence electrons. The predicted molar refractivity (Wildman–Crippen MR) is 75.6 cm³/mol. The van der Waals surface area contributed by atoms with Crippen molar-refractivity contribution in [3.05, 3.63) is 17.5 Å². The van der Waals surface area contributed by atoms with Crippen molar-refractivity contribution in [2.45, 2.75) is 23.9 Å². The summed E-state index contributed by atoms with van der Waals surface area (Å²) in [5, 5.41) is 12.8. The number of nitrogens with zero attached hydrogens (tertiary/aromatic N) is 5. The number of nitrogens with two attached hydrogens (primary N) is 1. The summed E-state index contributed by atoms with van der Waals surface area (Å²) in [6.45, 7) is 0.902. The van der Waals surface area contributed by atoms with E-state index in [-0.39, 0.29) is 12.4 Å². The molecule has 0 aromatic carbocycles. The highest BCUT2D eigenvalue weighted by molar-refractivity contribution is 7.98. The Bertz CT molecular complexity index is 532. The maximum atomic E-state index is 5.50. The lowest BCUT2D eigenvalue weighted by Gasteiger charge is -2.00. The molecule has 0 saturated heterocycles. The van der Waals surface area contributed by atoms with Gasteiger partial charge in [0.2, 0.25) is 5.89 Å². The van der Waals surface area contributed by atoms with Gasteiger partial charge in [0.25, 0.3) is 0 Å². The van der Waals surface area contributed by atoms with Crippen molar-refractivity contribution in [1.82, 2.24) is 24.9 Å². The number of rotatable bonds is 7. The Hall–Kier alpha value is -1.16. The largest absolute Gasteiger partial charge is 0.377 e. The van der Waals surface area contributed by atoms with Gasteiger partial charge in [-0.25, -0.2) is 0 Å². The lowest BCUT2D eigenvalue weighted by Crippen LogP contribution is -2.08. The fourth-order valence-corrected chi connectivity index (χ4v) is 2.25. The van der Waals surface area contributed by atoms with E-state index < -0.39 is 0 Å². The standard InChI is InChI=1S/C10H16N6O2S.ClH/c1-16-8(3-4-11)13-14-10(16)19-6-9-12-7(5-17-2)15-18-9;/h3-6,11H2,1-2H3;1H. The molecule has 0 bridgehead atoms. The van der Waals surface area contributed by atoms with Crippen LogP contribution in [0.2, 0.25) is 0 Å².